The zero-order valence-corrected chi connectivity index (χ0v) is 14.0. The second-order valence-corrected chi connectivity index (χ2v) is 8.94. The quantitative estimate of drug-likeness (QED) is 0.908. The van der Waals surface area contributed by atoms with Gasteiger partial charge in [-0.25, -0.2) is 22.0 Å². The Morgan fingerprint density at radius 1 is 1.00 bits per heavy atom. The van der Waals surface area contributed by atoms with Crippen LogP contribution in [0.15, 0.2) is 58.3 Å². The largest absolute Gasteiger partial charge is 0.265 e. The van der Waals surface area contributed by atoms with E-state index in [1.807, 2.05) is 19.1 Å². The fourth-order valence-corrected chi connectivity index (χ4v) is 5.00. The highest BCUT2D eigenvalue weighted by atomic mass is 32.2. The van der Waals surface area contributed by atoms with Crippen LogP contribution >= 0.6 is 0 Å². The minimum atomic E-state index is -3.96. The smallest absolute Gasteiger partial charge is 0.264 e. The Labute approximate surface area is 135 Å². The molecule has 0 aromatic heterocycles. The minimum absolute atomic E-state index is 0.0717. The summed E-state index contributed by atoms with van der Waals surface area (Å²) in [6, 6.07) is 12.4. The summed E-state index contributed by atoms with van der Waals surface area (Å²) in [4.78, 5) is -0.313. The summed E-state index contributed by atoms with van der Waals surface area (Å²) in [6.07, 6.45) is 0. The molecule has 0 aliphatic carbocycles. The Hall–Kier alpha value is -1.90. The van der Waals surface area contributed by atoms with Gasteiger partial charge in [0.15, 0.2) is 0 Å². The van der Waals surface area contributed by atoms with Crippen molar-refractivity contribution in [3.05, 3.63) is 54.1 Å². The predicted octanol–water partition coefficient (Wildman–Crippen LogP) is 1.65. The van der Waals surface area contributed by atoms with Gasteiger partial charge in [0.05, 0.1) is 15.5 Å². The number of anilines is 1. The monoisotopic (exact) mass is 352 g/mol. The zero-order valence-electron chi connectivity index (χ0n) is 12.4. The molecule has 2 aromatic rings. The maximum atomic E-state index is 12.9. The molecule has 1 atom stereocenters. The first-order valence-electron chi connectivity index (χ1n) is 6.96. The van der Waals surface area contributed by atoms with Crippen molar-refractivity contribution in [2.45, 2.75) is 22.6 Å². The molecule has 6 nitrogen and oxygen atoms in total. The van der Waals surface area contributed by atoms with Gasteiger partial charge in [0.2, 0.25) is 10.0 Å². The van der Waals surface area contributed by atoms with Gasteiger partial charge in [0.25, 0.3) is 10.0 Å². The summed E-state index contributed by atoms with van der Waals surface area (Å²) in [5, 5.41) is 5.08. The van der Waals surface area contributed by atoms with Crippen molar-refractivity contribution in [1.82, 2.24) is 0 Å². The first-order chi connectivity index (χ1) is 10.7. The van der Waals surface area contributed by atoms with Gasteiger partial charge in [-0.15, -0.1) is 0 Å². The summed E-state index contributed by atoms with van der Waals surface area (Å²) >= 11 is 0. The molecular formula is C15H16N2O4S2. The van der Waals surface area contributed by atoms with E-state index in [1.54, 1.807) is 12.1 Å². The third-order valence-corrected chi connectivity index (χ3v) is 6.58. The third-order valence-electron chi connectivity index (χ3n) is 3.90. The van der Waals surface area contributed by atoms with Crippen molar-refractivity contribution in [2.75, 3.05) is 10.8 Å². The Balaban J connectivity index is 2.11. The van der Waals surface area contributed by atoms with Crippen molar-refractivity contribution in [2.24, 2.45) is 5.14 Å². The van der Waals surface area contributed by atoms with Crippen LogP contribution in [0.1, 0.15) is 18.4 Å². The summed E-state index contributed by atoms with van der Waals surface area (Å²) in [7, 11) is -7.82. The van der Waals surface area contributed by atoms with Crippen LogP contribution in [0.3, 0.4) is 0 Å². The number of nitrogens with zero attached hydrogens (tertiary/aromatic N) is 1. The van der Waals surface area contributed by atoms with Crippen LogP contribution in [-0.2, 0) is 20.0 Å². The zero-order chi connectivity index (χ0) is 16.8. The van der Waals surface area contributed by atoms with Crippen LogP contribution in [0.5, 0.6) is 0 Å². The molecule has 0 spiro atoms. The molecule has 23 heavy (non-hydrogen) atoms. The summed E-state index contributed by atoms with van der Waals surface area (Å²) in [6.45, 7) is 2.27. The number of nitrogens with two attached hydrogens (primary N) is 1. The number of fused-ring (bicyclic) bond motifs is 1. The SMILES string of the molecule is CC1CN(S(=O)(=O)c2cccc(S(N)(=O)=O)c2)c2ccccc21. The van der Waals surface area contributed by atoms with Crippen LogP contribution < -0.4 is 9.44 Å². The maximum absolute atomic E-state index is 12.9. The lowest BCUT2D eigenvalue weighted by atomic mass is 10.0. The number of hydrogen-bond donors (Lipinski definition) is 1. The number of primary sulfonamides is 1. The minimum Gasteiger partial charge on any atom is -0.265 e. The average Bonchev–Trinajstić information content (AvgIpc) is 2.85. The number of benzene rings is 2. The van der Waals surface area contributed by atoms with E-state index >= 15 is 0 Å². The molecule has 0 amide bonds. The van der Waals surface area contributed by atoms with E-state index in [0.717, 1.165) is 11.6 Å². The van der Waals surface area contributed by atoms with E-state index in [-0.39, 0.29) is 15.7 Å². The first-order valence-corrected chi connectivity index (χ1v) is 9.94. The number of hydrogen-bond acceptors (Lipinski definition) is 4. The fraction of sp³-hybridized carbons (Fsp3) is 0.200. The van der Waals surface area contributed by atoms with E-state index in [0.29, 0.717) is 12.2 Å². The number of para-hydroxylation sites is 1. The molecule has 0 bridgehead atoms. The van der Waals surface area contributed by atoms with Crippen LogP contribution in [-0.4, -0.2) is 23.4 Å². The van der Waals surface area contributed by atoms with Gasteiger partial charge in [-0.3, -0.25) is 4.31 Å². The van der Waals surface area contributed by atoms with Crippen molar-refractivity contribution in [1.29, 1.82) is 0 Å². The molecule has 0 fully saturated rings. The van der Waals surface area contributed by atoms with E-state index < -0.39 is 20.0 Å². The predicted molar refractivity (Wildman–Crippen MR) is 87.2 cm³/mol. The lowest BCUT2D eigenvalue weighted by molar-refractivity contribution is 0.590. The Morgan fingerprint density at radius 2 is 1.65 bits per heavy atom. The van der Waals surface area contributed by atoms with Crippen LogP contribution in [0, 0.1) is 0 Å². The molecule has 0 radical (unpaired) electrons. The van der Waals surface area contributed by atoms with E-state index in [4.69, 9.17) is 5.14 Å². The highest BCUT2D eigenvalue weighted by Crippen LogP contribution is 2.39. The van der Waals surface area contributed by atoms with E-state index in [1.165, 1.54) is 22.5 Å². The summed E-state index contributed by atoms with van der Waals surface area (Å²) < 4.78 is 50.0. The molecule has 1 unspecified atom stereocenters. The molecule has 1 aliphatic heterocycles. The molecule has 8 heteroatoms. The third kappa shape index (κ3) is 2.73. The topological polar surface area (TPSA) is 97.5 Å². The van der Waals surface area contributed by atoms with Crippen molar-refractivity contribution in [3.8, 4) is 0 Å². The Morgan fingerprint density at radius 3 is 2.35 bits per heavy atom. The van der Waals surface area contributed by atoms with Crippen molar-refractivity contribution in [3.63, 3.8) is 0 Å². The lowest BCUT2D eigenvalue weighted by Gasteiger charge is -2.20. The van der Waals surface area contributed by atoms with Gasteiger partial charge < -0.3 is 0 Å². The molecule has 0 saturated carbocycles. The molecule has 1 aliphatic rings. The molecule has 1 heterocycles. The normalized spacial score (nSPS) is 18.0. The average molecular weight is 352 g/mol. The molecule has 3 rings (SSSR count). The standard InChI is InChI=1S/C15H16N2O4S2/c1-11-10-17(15-8-3-2-7-14(11)15)23(20,21)13-6-4-5-12(9-13)22(16,18)19/h2-9,11H,10H2,1H3,(H2,16,18,19). The highest BCUT2D eigenvalue weighted by molar-refractivity contribution is 7.93. The van der Waals surface area contributed by atoms with Gasteiger partial charge in [0.1, 0.15) is 0 Å². The second kappa shape index (κ2) is 5.33. The fourth-order valence-electron chi connectivity index (χ4n) is 2.74. The van der Waals surface area contributed by atoms with Crippen LogP contribution in [0.4, 0.5) is 5.69 Å². The van der Waals surface area contributed by atoms with Gasteiger partial charge in [-0.1, -0.05) is 31.2 Å². The van der Waals surface area contributed by atoms with E-state index in [9.17, 15) is 16.8 Å². The first kappa shape index (κ1) is 16.0. The van der Waals surface area contributed by atoms with E-state index in [2.05, 4.69) is 0 Å². The van der Waals surface area contributed by atoms with Crippen LogP contribution in [0.25, 0.3) is 0 Å². The van der Waals surface area contributed by atoms with Gasteiger partial charge in [-0.2, -0.15) is 0 Å². The molecule has 2 N–H and O–H groups in total. The highest BCUT2D eigenvalue weighted by Gasteiger charge is 2.34. The molecule has 122 valence electrons. The number of rotatable bonds is 3. The van der Waals surface area contributed by atoms with Crippen molar-refractivity contribution >= 4 is 25.7 Å². The van der Waals surface area contributed by atoms with Gasteiger partial charge in [0, 0.05) is 12.5 Å². The summed E-state index contributed by atoms with van der Waals surface area (Å²) in [5.74, 6) is 0.0717. The summed E-state index contributed by atoms with van der Waals surface area (Å²) in [5.41, 5.74) is 1.58. The Kier molecular flexibility index (Phi) is 3.70. The number of sulfonamides is 2. The van der Waals surface area contributed by atoms with Gasteiger partial charge in [-0.05, 0) is 29.8 Å². The van der Waals surface area contributed by atoms with Crippen molar-refractivity contribution < 1.29 is 16.8 Å². The molecule has 0 saturated heterocycles. The second-order valence-electron chi connectivity index (χ2n) is 5.52. The van der Waals surface area contributed by atoms with Crippen LogP contribution in [0.2, 0.25) is 0 Å². The maximum Gasteiger partial charge on any atom is 0.264 e. The molecule has 2 aromatic carbocycles. The Bertz CT molecular complexity index is 968. The van der Waals surface area contributed by atoms with Gasteiger partial charge >= 0.3 is 0 Å². The lowest BCUT2D eigenvalue weighted by Crippen LogP contribution is -2.30. The molecular weight excluding hydrogens is 336 g/mol.